The van der Waals surface area contributed by atoms with Gasteiger partial charge in [-0.15, -0.1) is 0 Å². The van der Waals surface area contributed by atoms with Crippen LogP contribution in [0, 0.1) is 6.92 Å². The van der Waals surface area contributed by atoms with Gasteiger partial charge in [0.1, 0.15) is 0 Å². The number of benzene rings is 7. The van der Waals surface area contributed by atoms with E-state index in [1.54, 1.807) is 0 Å². The fraction of sp³-hybridized carbons (Fsp3) is 0.0213. The summed E-state index contributed by atoms with van der Waals surface area (Å²) >= 11 is 0. The molecule has 7 aromatic rings. The van der Waals surface area contributed by atoms with E-state index in [9.17, 15) is 0 Å². The van der Waals surface area contributed by atoms with Gasteiger partial charge in [-0.3, -0.25) is 0 Å². The molecule has 0 saturated heterocycles. The summed E-state index contributed by atoms with van der Waals surface area (Å²) in [6.07, 6.45) is 4.60. The summed E-state index contributed by atoms with van der Waals surface area (Å²) in [6.45, 7) is 2.13. The van der Waals surface area contributed by atoms with Crippen molar-refractivity contribution in [1.82, 2.24) is 0 Å². The van der Waals surface area contributed by atoms with Crippen LogP contribution < -0.4 is 4.90 Å². The highest BCUT2D eigenvalue weighted by molar-refractivity contribution is 5.93. The lowest BCUT2D eigenvalue weighted by atomic mass is 9.95. The predicted octanol–water partition coefficient (Wildman–Crippen LogP) is 12.6. The van der Waals surface area contributed by atoms with Gasteiger partial charge in [-0.1, -0.05) is 163 Å². The summed E-state index contributed by atoms with van der Waals surface area (Å²) in [6, 6.07) is 69.0. The van der Waals surface area contributed by atoms with Crippen LogP contribution in [0.4, 0.5) is 17.1 Å². The summed E-state index contributed by atoms with van der Waals surface area (Å²) in [4.78, 5) is 2.35. The van der Waals surface area contributed by atoms with E-state index in [0.29, 0.717) is 0 Å². The van der Waals surface area contributed by atoms with Crippen molar-refractivity contribution < 1.29 is 0 Å². The molecule has 0 N–H and O–H groups in total. The lowest BCUT2D eigenvalue weighted by Gasteiger charge is -2.26. The van der Waals surface area contributed by atoms with E-state index in [1.807, 2.05) is 0 Å². The van der Waals surface area contributed by atoms with Crippen LogP contribution in [-0.2, 0) is 0 Å². The molecule has 0 fully saturated rings. The van der Waals surface area contributed by atoms with Gasteiger partial charge in [-0.05, 0) is 100 Å². The second-order valence-corrected chi connectivity index (χ2v) is 11.9. The molecular weight excluding hydrogens is 579 g/mol. The Hall–Kier alpha value is -6.18. The highest BCUT2D eigenvalue weighted by Gasteiger charge is 2.14. The third-order valence-electron chi connectivity index (χ3n) is 8.51. The first-order valence-electron chi connectivity index (χ1n) is 16.4. The van der Waals surface area contributed by atoms with Crippen molar-refractivity contribution in [3.63, 3.8) is 0 Å². The fourth-order valence-corrected chi connectivity index (χ4v) is 6.12. The zero-order chi connectivity index (χ0) is 32.5. The molecule has 7 aromatic carbocycles. The molecule has 0 aliphatic rings. The molecule has 1 nitrogen and oxygen atoms in total. The Kier molecular flexibility index (Phi) is 9.20. The molecule has 1 heteroatoms. The van der Waals surface area contributed by atoms with Crippen molar-refractivity contribution in [2.45, 2.75) is 6.92 Å². The molecule has 0 radical (unpaired) electrons. The van der Waals surface area contributed by atoms with E-state index in [0.717, 1.165) is 28.2 Å². The molecule has 0 spiro atoms. The van der Waals surface area contributed by atoms with Crippen molar-refractivity contribution in [3.8, 4) is 0 Å². The summed E-state index contributed by atoms with van der Waals surface area (Å²) < 4.78 is 0. The molecule has 230 valence electrons. The smallest absolute Gasteiger partial charge is 0.0467 e. The van der Waals surface area contributed by atoms with Crippen LogP contribution >= 0.6 is 0 Å². The van der Waals surface area contributed by atoms with Gasteiger partial charge < -0.3 is 4.90 Å². The Morgan fingerprint density at radius 1 is 0.354 bits per heavy atom. The minimum Gasteiger partial charge on any atom is -0.310 e. The first-order valence-corrected chi connectivity index (χ1v) is 16.4. The summed E-state index contributed by atoms with van der Waals surface area (Å²) in [5, 5.41) is 0. The van der Waals surface area contributed by atoms with Crippen molar-refractivity contribution in [2.75, 3.05) is 4.90 Å². The summed E-state index contributed by atoms with van der Waals surface area (Å²) in [5.74, 6) is 0. The molecule has 0 amide bonds. The Morgan fingerprint density at radius 3 is 1.06 bits per heavy atom. The summed E-state index contributed by atoms with van der Waals surface area (Å²) in [7, 11) is 0. The Morgan fingerprint density at radius 2 is 0.708 bits per heavy atom. The fourth-order valence-electron chi connectivity index (χ4n) is 6.12. The first-order chi connectivity index (χ1) is 23.7. The second kappa shape index (κ2) is 14.5. The summed E-state index contributed by atoms with van der Waals surface area (Å²) in [5.41, 5.74) is 14.0. The van der Waals surface area contributed by atoms with E-state index in [4.69, 9.17) is 0 Å². The molecule has 0 heterocycles. The zero-order valence-corrected chi connectivity index (χ0v) is 27.1. The highest BCUT2D eigenvalue weighted by Crippen LogP contribution is 2.37. The van der Waals surface area contributed by atoms with Crippen LogP contribution in [0.5, 0.6) is 0 Å². The third-order valence-corrected chi connectivity index (χ3v) is 8.51. The number of nitrogens with zero attached hydrogens (tertiary/aromatic N) is 1. The molecular formula is C47H37N. The van der Waals surface area contributed by atoms with Crippen molar-refractivity contribution in [2.24, 2.45) is 0 Å². The molecule has 0 aliphatic carbocycles. The van der Waals surface area contributed by atoms with E-state index < -0.39 is 0 Å². The molecule has 0 bridgehead atoms. The van der Waals surface area contributed by atoms with Gasteiger partial charge in [0.05, 0.1) is 0 Å². The van der Waals surface area contributed by atoms with Crippen LogP contribution in [0.2, 0.25) is 0 Å². The van der Waals surface area contributed by atoms with Crippen LogP contribution in [0.15, 0.2) is 194 Å². The Labute approximate surface area is 284 Å². The zero-order valence-electron chi connectivity index (χ0n) is 27.1. The molecule has 0 atom stereocenters. The van der Waals surface area contributed by atoms with Gasteiger partial charge in [-0.2, -0.15) is 0 Å². The van der Waals surface area contributed by atoms with Gasteiger partial charge >= 0.3 is 0 Å². The van der Waals surface area contributed by atoms with Crippen molar-refractivity contribution >= 4 is 40.4 Å². The standard InChI is InChI=1S/C47H37N/c1-36-28-30-43(31-29-36)48(44-26-14-16-37(32-44)34-46(39-18-6-2-7-19-39)40-20-8-3-9-21-40)45-27-15-17-38(33-45)35-47(41-22-10-4-11-23-41)42-24-12-5-13-25-42/h2-35H,1H3. The third kappa shape index (κ3) is 7.12. The quantitative estimate of drug-likeness (QED) is 0.146. The topological polar surface area (TPSA) is 3.24 Å². The second-order valence-electron chi connectivity index (χ2n) is 11.9. The molecule has 0 saturated carbocycles. The molecule has 0 aliphatic heterocycles. The van der Waals surface area contributed by atoms with E-state index in [2.05, 4.69) is 218 Å². The van der Waals surface area contributed by atoms with Gasteiger partial charge in [0.25, 0.3) is 0 Å². The SMILES string of the molecule is Cc1ccc(N(c2cccc(C=C(c3ccccc3)c3ccccc3)c2)c2cccc(C=C(c3ccccc3)c3ccccc3)c2)cc1. The van der Waals surface area contributed by atoms with Crippen LogP contribution in [-0.4, -0.2) is 0 Å². The van der Waals surface area contributed by atoms with E-state index in [-0.39, 0.29) is 0 Å². The van der Waals surface area contributed by atoms with Gasteiger partial charge in [0.15, 0.2) is 0 Å². The van der Waals surface area contributed by atoms with Crippen molar-refractivity contribution in [1.29, 1.82) is 0 Å². The number of aryl methyl sites for hydroxylation is 1. The monoisotopic (exact) mass is 615 g/mol. The van der Waals surface area contributed by atoms with Crippen LogP contribution in [0.25, 0.3) is 23.3 Å². The Balaban J connectivity index is 1.34. The number of hydrogen-bond donors (Lipinski definition) is 0. The lowest BCUT2D eigenvalue weighted by Crippen LogP contribution is -2.10. The minimum absolute atomic E-state index is 1.10. The highest BCUT2D eigenvalue weighted by atomic mass is 15.1. The number of anilines is 3. The lowest BCUT2D eigenvalue weighted by molar-refractivity contribution is 1.27. The largest absolute Gasteiger partial charge is 0.310 e. The molecule has 7 rings (SSSR count). The van der Waals surface area contributed by atoms with Gasteiger partial charge in [0, 0.05) is 17.1 Å². The average Bonchev–Trinajstić information content (AvgIpc) is 3.16. The van der Waals surface area contributed by atoms with Gasteiger partial charge in [-0.25, -0.2) is 0 Å². The maximum Gasteiger partial charge on any atom is 0.0467 e. The Bertz CT molecular complexity index is 1930. The van der Waals surface area contributed by atoms with Gasteiger partial charge in [0.2, 0.25) is 0 Å². The molecule has 0 aromatic heterocycles. The van der Waals surface area contributed by atoms with Crippen molar-refractivity contribution in [3.05, 3.63) is 233 Å². The minimum atomic E-state index is 1.10. The average molecular weight is 616 g/mol. The normalized spacial score (nSPS) is 10.6. The molecule has 0 unspecified atom stereocenters. The number of hydrogen-bond acceptors (Lipinski definition) is 1. The maximum atomic E-state index is 2.35. The maximum absolute atomic E-state index is 2.35. The number of rotatable bonds is 9. The van der Waals surface area contributed by atoms with Crippen LogP contribution in [0.1, 0.15) is 38.9 Å². The molecule has 48 heavy (non-hydrogen) atoms. The van der Waals surface area contributed by atoms with E-state index in [1.165, 1.54) is 39.0 Å². The predicted molar refractivity (Wildman–Crippen MR) is 206 cm³/mol. The first kappa shape index (κ1) is 30.5. The van der Waals surface area contributed by atoms with E-state index >= 15 is 0 Å². The van der Waals surface area contributed by atoms with Crippen LogP contribution in [0.3, 0.4) is 0 Å².